The van der Waals surface area contributed by atoms with E-state index in [0.29, 0.717) is 5.92 Å². The van der Waals surface area contributed by atoms with E-state index in [2.05, 4.69) is 45.1 Å². The fraction of sp³-hybridized carbons (Fsp3) is 0.571. The number of hydrogen-bond donors (Lipinski definition) is 0. The molecule has 2 rings (SSSR count). The van der Waals surface area contributed by atoms with E-state index >= 15 is 0 Å². The second-order valence-electron chi connectivity index (χ2n) is 4.69. The minimum Gasteiger partial charge on any atom is -0.383 e. The Kier molecular flexibility index (Phi) is 5.01. The topological polar surface area (TPSA) is 12.5 Å². The van der Waals surface area contributed by atoms with Crippen molar-refractivity contribution in [3.8, 4) is 0 Å². The molecule has 0 radical (unpaired) electrons. The van der Waals surface area contributed by atoms with Crippen molar-refractivity contribution < 1.29 is 4.74 Å². The lowest BCUT2D eigenvalue weighted by Gasteiger charge is -2.32. The van der Waals surface area contributed by atoms with Gasteiger partial charge in [-0.1, -0.05) is 28.1 Å². The predicted molar refractivity (Wildman–Crippen MR) is 74.4 cm³/mol. The Hall–Kier alpha value is -0.380. The molecule has 1 atom stereocenters. The first-order valence-electron chi connectivity index (χ1n) is 6.26. The first-order chi connectivity index (χ1) is 8.29. The summed E-state index contributed by atoms with van der Waals surface area (Å²) in [7, 11) is 1.77. The molecule has 0 amide bonds. The summed E-state index contributed by atoms with van der Waals surface area (Å²) in [5, 5.41) is 0. The van der Waals surface area contributed by atoms with E-state index in [9.17, 15) is 0 Å². The molecule has 0 saturated carbocycles. The van der Waals surface area contributed by atoms with Gasteiger partial charge in [-0.3, -0.25) is 0 Å². The van der Waals surface area contributed by atoms with E-state index < -0.39 is 0 Å². The van der Waals surface area contributed by atoms with Gasteiger partial charge in [0.15, 0.2) is 0 Å². The van der Waals surface area contributed by atoms with E-state index in [4.69, 9.17) is 4.74 Å². The maximum Gasteiger partial charge on any atom is 0.0589 e. The average molecular weight is 298 g/mol. The van der Waals surface area contributed by atoms with Crippen molar-refractivity contribution in [2.45, 2.75) is 18.8 Å². The molecule has 1 saturated heterocycles. The molecule has 2 nitrogen and oxygen atoms in total. The van der Waals surface area contributed by atoms with Gasteiger partial charge in [-0.05, 0) is 43.0 Å². The van der Waals surface area contributed by atoms with Crippen LogP contribution in [0.25, 0.3) is 0 Å². The summed E-state index contributed by atoms with van der Waals surface area (Å²) < 4.78 is 6.34. The smallest absolute Gasteiger partial charge is 0.0589 e. The average Bonchev–Trinajstić information content (AvgIpc) is 2.37. The third kappa shape index (κ3) is 3.80. The normalized spacial score (nSPS) is 21.6. The van der Waals surface area contributed by atoms with Gasteiger partial charge >= 0.3 is 0 Å². The zero-order valence-electron chi connectivity index (χ0n) is 10.4. The van der Waals surface area contributed by atoms with Crippen LogP contribution in [-0.4, -0.2) is 38.3 Å². The standard InChI is InChI=1S/C14H20BrNO/c1-17-9-8-16-7-3-5-13(11-16)12-4-2-6-14(15)10-12/h2,4,6,10,13H,3,5,7-9,11H2,1H3. The highest BCUT2D eigenvalue weighted by atomic mass is 79.9. The van der Waals surface area contributed by atoms with Crippen LogP contribution in [0.4, 0.5) is 0 Å². The van der Waals surface area contributed by atoms with E-state index in [1.165, 1.54) is 36.0 Å². The van der Waals surface area contributed by atoms with Crippen molar-refractivity contribution in [3.05, 3.63) is 34.3 Å². The molecule has 0 N–H and O–H groups in total. The molecule has 1 aliphatic heterocycles. The number of benzene rings is 1. The minimum atomic E-state index is 0.679. The lowest BCUT2D eigenvalue weighted by Crippen LogP contribution is -2.36. The van der Waals surface area contributed by atoms with Gasteiger partial charge in [-0.15, -0.1) is 0 Å². The number of piperidine rings is 1. The van der Waals surface area contributed by atoms with Crippen LogP contribution in [0.1, 0.15) is 24.3 Å². The summed E-state index contributed by atoms with van der Waals surface area (Å²) in [5.41, 5.74) is 1.46. The monoisotopic (exact) mass is 297 g/mol. The number of ether oxygens (including phenoxy) is 1. The molecule has 1 heterocycles. The number of halogens is 1. The molecule has 1 aromatic rings. The van der Waals surface area contributed by atoms with Crippen LogP contribution >= 0.6 is 15.9 Å². The molecule has 0 aromatic heterocycles. The highest BCUT2D eigenvalue weighted by Gasteiger charge is 2.20. The van der Waals surface area contributed by atoms with E-state index in [1.54, 1.807) is 7.11 Å². The summed E-state index contributed by atoms with van der Waals surface area (Å²) >= 11 is 3.55. The van der Waals surface area contributed by atoms with Crippen LogP contribution < -0.4 is 0 Å². The van der Waals surface area contributed by atoms with Crippen LogP contribution in [0.2, 0.25) is 0 Å². The largest absolute Gasteiger partial charge is 0.383 e. The first kappa shape index (κ1) is 13.1. The number of methoxy groups -OCH3 is 1. The summed E-state index contributed by atoms with van der Waals surface area (Å²) in [6.45, 7) is 4.28. The Bertz CT molecular complexity index is 356. The molecule has 1 unspecified atom stereocenters. The molecule has 1 aliphatic rings. The van der Waals surface area contributed by atoms with Gasteiger partial charge < -0.3 is 9.64 Å². The van der Waals surface area contributed by atoms with Gasteiger partial charge in [0.25, 0.3) is 0 Å². The second kappa shape index (κ2) is 6.53. The molecule has 0 bridgehead atoms. The Labute approximate surface area is 112 Å². The molecule has 94 valence electrons. The number of nitrogens with zero attached hydrogens (tertiary/aromatic N) is 1. The summed E-state index contributed by atoms with van der Waals surface area (Å²) in [6, 6.07) is 8.72. The number of rotatable bonds is 4. The van der Waals surface area contributed by atoms with Gasteiger partial charge in [0.2, 0.25) is 0 Å². The Balaban J connectivity index is 1.97. The molecule has 1 fully saturated rings. The molecule has 0 spiro atoms. The number of hydrogen-bond acceptors (Lipinski definition) is 2. The van der Waals surface area contributed by atoms with Crippen LogP contribution in [0, 0.1) is 0 Å². The third-order valence-corrected chi connectivity index (χ3v) is 3.93. The Morgan fingerprint density at radius 1 is 1.47 bits per heavy atom. The molecule has 1 aromatic carbocycles. The van der Waals surface area contributed by atoms with Gasteiger partial charge in [-0.2, -0.15) is 0 Å². The van der Waals surface area contributed by atoms with Crippen molar-refractivity contribution in [3.63, 3.8) is 0 Å². The fourth-order valence-electron chi connectivity index (χ4n) is 2.51. The maximum absolute atomic E-state index is 5.16. The van der Waals surface area contributed by atoms with Crippen molar-refractivity contribution >= 4 is 15.9 Å². The lowest BCUT2D eigenvalue weighted by molar-refractivity contribution is 0.128. The summed E-state index contributed by atoms with van der Waals surface area (Å²) in [5.74, 6) is 0.679. The maximum atomic E-state index is 5.16. The van der Waals surface area contributed by atoms with Gasteiger partial charge in [0.1, 0.15) is 0 Å². The van der Waals surface area contributed by atoms with E-state index in [-0.39, 0.29) is 0 Å². The zero-order valence-corrected chi connectivity index (χ0v) is 11.9. The van der Waals surface area contributed by atoms with Crippen molar-refractivity contribution in [1.29, 1.82) is 0 Å². The van der Waals surface area contributed by atoms with Crippen LogP contribution in [0.15, 0.2) is 28.7 Å². The van der Waals surface area contributed by atoms with Crippen LogP contribution in [0.3, 0.4) is 0 Å². The van der Waals surface area contributed by atoms with Gasteiger partial charge in [0, 0.05) is 24.7 Å². The summed E-state index contributed by atoms with van der Waals surface area (Å²) in [4.78, 5) is 2.51. The Morgan fingerprint density at radius 3 is 3.12 bits per heavy atom. The second-order valence-corrected chi connectivity index (χ2v) is 5.60. The van der Waals surface area contributed by atoms with Crippen molar-refractivity contribution in [2.75, 3.05) is 33.4 Å². The predicted octanol–water partition coefficient (Wildman–Crippen LogP) is 3.27. The minimum absolute atomic E-state index is 0.679. The molecule has 0 aliphatic carbocycles. The molecule has 17 heavy (non-hydrogen) atoms. The molecule has 3 heteroatoms. The van der Waals surface area contributed by atoms with E-state index in [0.717, 1.165) is 13.2 Å². The lowest BCUT2D eigenvalue weighted by atomic mass is 9.91. The van der Waals surface area contributed by atoms with E-state index in [1.807, 2.05) is 0 Å². The molecular formula is C14H20BrNO. The third-order valence-electron chi connectivity index (χ3n) is 3.44. The first-order valence-corrected chi connectivity index (χ1v) is 7.05. The fourth-order valence-corrected chi connectivity index (χ4v) is 2.93. The van der Waals surface area contributed by atoms with Gasteiger partial charge in [-0.25, -0.2) is 0 Å². The Morgan fingerprint density at radius 2 is 2.35 bits per heavy atom. The van der Waals surface area contributed by atoms with Gasteiger partial charge in [0.05, 0.1) is 6.61 Å². The zero-order chi connectivity index (χ0) is 12.1. The van der Waals surface area contributed by atoms with Crippen molar-refractivity contribution in [1.82, 2.24) is 4.90 Å². The van der Waals surface area contributed by atoms with Crippen LogP contribution in [-0.2, 0) is 4.74 Å². The van der Waals surface area contributed by atoms with Crippen molar-refractivity contribution in [2.24, 2.45) is 0 Å². The van der Waals surface area contributed by atoms with Crippen LogP contribution in [0.5, 0.6) is 0 Å². The quantitative estimate of drug-likeness (QED) is 0.846. The molecular weight excluding hydrogens is 278 g/mol. The SMILES string of the molecule is COCCN1CCCC(c2cccc(Br)c2)C1. The number of likely N-dealkylation sites (tertiary alicyclic amines) is 1. The highest BCUT2D eigenvalue weighted by molar-refractivity contribution is 9.10. The summed E-state index contributed by atoms with van der Waals surface area (Å²) in [6.07, 6.45) is 2.60. The highest BCUT2D eigenvalue weighted by Crippen LogP contribution is 2.28.